The van der Waals surface area contributed by atoms with Crippen LogP contribution in [0, 0.1) is 12.8 Å². The Hall–Kier alpha value is -1.67. The zero-order valence-corrected chi connectivity index (χ0v) is 16.3. The number of nitrogens with zero attached hydrogens (tertiary/aromatic N) is 5. The first kappa shape index (κ1) is 19.1. The van der Waals surface area contributed by atoms with E-state index in [2.05, 4.69) is 20.4 Å². The summed E-state index contributed by atoms with van der Waals surface area (Å²) in [5.41, 5.74) is 0. The second-order valence-electron chi connectivity index (χ2n) is 7.32. The molecule has 8 nitrogen and oxygen atoms in total. The van der Waals surface area contributed by atoms with Gasteiger partial charge in [0.05, 0.1) is 12.7 Å². The van der Waals surface area contributed by atoms with Crippen LogP contribution in [0.4, 0.5) is 0 Å². The smallest absolute Gasteiger partial charge is 0.194 e. The minimum Gasteiger partial charge on any atom is -0.379 e. The van der Waals surface area contributed by atoms with Crippen LogP contribution in [0.3, 0.4) is 0 Å². The summed E-state index contributed by atoms with van der Waals surface area (Å²) in [4.78, 5) is 6.87. The van der Waals surface area contributed by atoms with Crippen LogP contribution in [0.25, 0.3) is 0 Å². The van der Waals surface area contributed by atoms with Gasteiger partial charge in [-0.1, -0.05) is 0 Å². The number of rotatable bonds is 9. The number of likely N-dealkylation sites (N-methyl/N-ethyl adjacent to an activating group) is 1. The molecule has 0 amide bonds. The van der Waals surface area contributed by atoms with Crippen molar-refractivity contribution in [2.75, 3.05) is 40.0 Å². The number of hydrogen-bond donors (Lipinski definition) is 1. The molecule has 1 aromatic heterocycles. The second-order valence-corrected chi connectivity index (χ2v) is 7.32. The van der Waals surface area contributed by atoms with E-state index in [9.17, 15) is 0 Å². The molecule has 1 N–H and O–H groups in total. The highest BCUT2D eigenvalue weighted by molar-refractivity contribution is 5.79. The third-order valence-corrected chi connectivity index (χ3v) is 5.05. The summed E-state index contributed by atoms with van der Waals surface area (Å²) < 4.78 is 13.5. The highest BCUT2D eigenvalue weighted by Gasteiger charge is 2.21. The SMILES string of the molecule is Cc1nnc(CN=C(NCC2CCCO2)N(C)CCOCC2CC2)n1C. The molecule has 0 spiro atoms. The lowest BCUT2D eigenvalue weighted by molar-refractivity contribution is 0.109. The van der Waals surface area contributed by atoms with Crippen molar-refractivity contribution in [3.05, 3.63) is 11.6 Å². The minimum absolute atomic E-state index is 0.275. The maximum absolute atomic E-state index is 5.77. The molecular formula is C18H32N6O2. The predicted molar refractivity (Wildman–Crippen MR) is 100 cm³/mol. The quantitative estimate of drug-likeness (QED) is 0.402. The standard InChI is InChI=1S/C18H32N6O2/c1-14-21-22-17(24(14)3)12-20-18(19-11-16-5-4-9-26-16)23(2)8-10-25-13-15-6-7-15/h15-16H,4-13H2,1-3H3,(H,19,20). The number of guanidine groups is 1. The average Bonchev–Trinajstić information content (AvgIpc) is 3.21. The van der Waals surface area contributed by atoms with Crippen molar-refractivity contribution in [3.8, 4) is 0 Å². The molecule has 1 aromatic rings. The van der Waals surface area contributed by atoms with E-state index in [1.807, 2.05) is 25.6 Å². The van der Waals surface area contributed by atoms with E-state index in [-0.39, 0.29) is 6.10 Å². The summed E-state index contributed by atoms with van der Waals surface area (Å²) in [5.74, 6) is 3.41. The summed E-state index contributed by atoms with van der Waals surface area (Å²) >= 11 is 0. The maximum atomic E-state index is 5.77. The van der Waals surface area contributed by atoms with Crippen molar-refractivity contribution in [2.24, 2.45) is 18.0 Å². The molecule has 1 saturated carbocycles. The molecule has 0 aromatic carbocycles. The van der Waals surface area contributed by atoms with Crippen molar-refractivity contribution in [2.45, 2.75) is 45.3 Å². The molecule has 1 unspecified atom stereocenters. The summed E-state index contributed by atoms with van der Waals surface area (Å²) in [7, 11) is 4.01. The van der Waals surface area contributed by atoms with E-state index in [0.717, 1.165) is 69.3 Å². The number of aromatic nitrogens is 3. The first-order valence-electron chi connectivity index (χ1n) is 9.67. The van der Waals surface area contributed by atoms with Crippen LogP contribution in [0.2, 0.25) is 0 Å². The van der Waals surface area contributed by atoms with Gasteiger partial charge < -0.3 is 24.3 Å². The molecule has 2 heterocycles. The Labute approximate surface area is 156 Å². The Morgan fingerprint density at radius 3 is 2.88 bits per heavy atom. The van der Waals surface area contributed by atoms with Gasteiger partial charge >= 0.3 is 0 Å². The first-order valence-corrected chi connectivity index (χ1v) is 9.67. The zero-order valence-electron chi connectivity index (χ0n) is 16.3. The Morgan fingerprint density at radius 2 is 2.23 bits per heavy atom. The van der Waals surface area contributed by atoms with Gasteiger partial charge in [-0.2, -0.15) is 0 Å². The largest absolute Gasteiger partial charge is 0.379 e. The van der Waals surface area contributed by atoms with Crippen molar-refractivity contribution < 1.29 is 9.47 Å². The molecule has 0 radical (unpaired) electrons. The third-order valence-electron chi connectivity index (χ3n) is 5.05. The monoisotopic (exact) mass is 364 g/mol. The van der Waals surface area contributed by atoms with Crippen molar-refractivity contribution >= 4 is 5.96 Å². The van der Waals surface area contributed by atoms with E-state index in [4.69, 9.17) is 14.5 Å². The zero-order chi connectivity index (χ0) is 18.4. The molecule has 2 aliphatic rings. The van der Waals surface area contributed by atoms with Crippen LogP contribution in [-0.2, 0) is 23.1 Å². The van der Waals surface area contributed by atoms with Crippen LogP contribution in [-0.4, -0.2) is 71.7 Å². The first-order chi connectivity index (χ1) is 12.6. The molecule has 0 bridgehead atoms. The minimum atomic E-state index is 0.275. The molecule has 1 aliphatic heterocycles. The molecule has 8 heteroatoms. The molecule has 26 heavy (non-hydrogen) atoms. The number of nitrogens with one attached hydrogen (secondary N) is 1. The second kappa shape index (κ2) is 9.32. The van der Waals surface area contributed by atoms with Crippen LogP contribution < -0.4 is 5.32 Å². The van der Waals surface area contributed by atoms with Crippen LogP contribution in [0.5, 0.6) is 0 Å². The lowest BCUT2D eigenvalue weighted by Gasteiger charge is -2.23. The van der Waals surface area contributed by atoms with Crippen molar-refractivity contribution in [1.29, 1.82) is 0 Å². The maximum Gasteiger partial charge on any atom is 0.194 e. The van der Waals surface area contributed by atoms with Gasteiger partial charge in [-0.3, -0.25) is 0 Å². The number of aliphatic imine (C=N–C) groups is 1. The van der Waals surface area contributed by atoms with E-state index < -0.39 is 0 Å². The summed E-state index contributed by atoms with van der Waals surface area (Å²) in [6.45, 7) is 6.50. The van der Waals surface area contributed by atoms with Crippen LogP contribution in [0.15, 0.2) is 4.99 Å². The van der Waals surface area contributed by atoms with Crippen molar-refractivity contribution in [1.82, 2.24) is 25.0 Å². The normalized spacial score (nSPS) is 20.6. The van der Waals surface area contributed by atoms with E-state index >= 15 is 0 Å². The van der Waals surface area contributed by atoms with Crippen LogP contribution >= 0.6 is 0 Å². The van der Waals surface area contributed by atoms with Gasteiger partial charge in [0.1, 0.15) is 12.4 Å². The predicted octanol–water partition coefficient (Wildman–Crippen LogP) is 1.11. The Bertz CT molecular complexity index is 593. The average molecular weight is 364 g/mol. The molecule has 146 valence electrons. The molecule has 1 saturated heterocycles. The van der Waals surface area contributed by atoms with Gasteiger partial charge in [-0.05, 0) is 38.5 Å². The fourth-order valence-electron chi connectivity index (χ4n) is 2.90. The summed E-state index contributed by atoms with van der Waals surface area (Å²) in [6.07, 6.45) is 5.17. The van der Waals surface area contributed by atoms with Crippen LogP contribution in [0.1, 0.15) is 37.3 Å². The van der Waals surface area contributed by atoms with Gasteiger partial charge in [-0.25, -0.2) is 4.99 Å². The van der Waals surface area contributed by atoms with E-state index in [1.54, 1.807) is 0 Å². The highest BCUT2D eigenvalue weighted by atomic mass is 16.5. The number of aryl methyl sites for hydroxylation is 1. The van der Waals surface area contributed by atoms with Gasteiger partial charge in [0, 0.05) is 40.4 Å². The van der Waals surface area contributed by atoms with Crippen molar-refractivity contribution in [3.63, 3.8) is 0 Å². The topological polar surface area (TPSA) is 76.8 Å². The van der Waals surface area contributed by atoms with Gasteiger partial charge in [-0.15, -0.1) is 10.2 Å². The van der Waals surface area contributed by atoms with E-state index in [0.29, 0.717) is 6.54 Å². The highest BCUT2D eigenvalue weighted by Crippen LogP contribution is 2.28. The summed E-state index contributed by atoms with van der Waals surface area (Å²) in [6, 6.07) is 0. The lowest BCUT2D eigenvalue weighted by Crippen LogP contribution is -2.43. The fourth-order valence-corrected chi connectivity index (χ4v) is 2.90. The molecule has 1 aliphatic carbocycles. The molecule has 3 rings (SSSR count). The van der Waals surface area contributed by atoms with Gasteiger partial charge in [0.15, 0.2) is 11.8 Å². The molecule has 1 atom stereocenters. The Kier molecular flexibility index (Phi) is 6.85. The van der Waals surface area contributed by atoms with Gasteiger partial charge in [0.2, 0.25) is 0 Å². The number of hydrogen-bond acceptors (Lipinski definition) is 5. The fraction of sp³-hybridized carbons (Fsp3) is 0.833. The van der Waals surface area contributed by atoms with E-state index in [1.165, 1.54) is 12.8 Å². The van der Waals surface area contributed by atoms with Gasteiger partial charge in [0.25, 0.3) is 0 Å². The Morgan fingerprint density at radius 1 is 1.38 bits per heavy atom. The third kappa shape index (κ3) is 5.67. The molecular weight excluding hydrogens is 332 g/mol. The lowest BCUT2D eigenvalue weighted by atomic mass is 10.2. The Balaban J connectivity index is 1.53. The summed E-state index contributed by atoms with van der Waals surface area (Å²) in [5, 5.41) is 11.8. The number of ether oxygens (including phenoxy) is 2. The molecule has 2 fully saturated rings.